The summed E-state index contributed by atoms with van der Waals surface area (Å²) >= 11 is 0.786. The zero-order chi connectivity index (χ0) is 68.1. The molecule has 0 aromatic heterocycles. The Hall–Kier alpha value is -8.12. The molecule has 30 heteroatoms. The van der Waals surface area contributed by atoms with Gasteiger partial charge in [0.25, 0.3) is 0 Å². The monoisotopic (exact) mass is 1290 g/mol. The highest BCUT2D eigenvalue weighted by atomic mass is 32.2. The number of carbonyl (C=O) groups excluding carboxylic acids is 8. The number of benzene rings is 1. The summed E-state index contributed by atoms with van der Waals surface area (Å²) in [5, 5.41) is 57.9. The second-order valence-electron chi connectivity index (χ2n) is 23.4. The van der Waals surface area contributed by atoms with Gasteiger partial charge in [0.05, 0.1) is 24.0 Å². The summed E-state index contributed by atoms with van der Waals surface area (Å²) in [6, 6.07) is -4.34. The van der Waals surface area contributed by atoms with Gasteiger partial charge in [-0.25, -0.2) is 14.4 Å². The average molecular weight is 1290 g/mol. The van der Waals surface area contributed by atoms with E-state index in [1.165, 1.54) is 27.0 Å². The number of nitrogens with zero attached hydrogens (tertiary/aromatic N) is 2. The first-order valence-electron chi connectivity index (χ1n) is 29.8. The van der Waals surface area contributed by atoms with Gasteiger partial charge in [0.1, 0.15) is 48.3 Å². The van der Waals surface area contributed by atoms with Gasteiger partial charge in [0.2, 0.25) is 47.3 Å². The predicted octanol–water partition coefficient (Wildman–Crippen LogP) is -0.00580. The van der Waals surface area contributed by atoms with Crippen molar-refractivity contribution < 1.29 is 82.7 Å². The zero-order valence-corrected chi connectivity index (χ0v) is 53.7. The lowest BCUT2D eigenvalue weighted by Gasteiger charge is -2.31. The van der Waals surface area contributed by atoms with Crippen molar-refractivity contribution in [1.82, 2.24) is 42.1 Å². The molecule has 29 nitrogen and oxygen atoms in total. The molecule has 1 fully saturated rings. The maximum absolute atomic E-state index is 14.6. The van der Waals surface area contributed by atoms with Crippen molar-refractivity contribution in [2.75, 3.05) is 32.2 Å². The summed E-state index contributed by atoms with van der Waals surface area (Å²) in [6.07, 6.45) is 3.12. The van der Waals surface area contributed by atoms with Crippen molar-refractivity contribution in [3.63, 3.8) is 0 Å². The highest BCUT2D eigenvalue weighted by Crippen LogP contribution is 2.20. The number of aliphatic carboxylic acids is 4. The van der Waals surface area contributed by atoms with Crippen molar-refractivity contribution in [2.24, 2.45) is 51.8 Å². The Morgan fingerprint density at radius 1 is 0.767 bits per heavy atom. The van der Waals surface area contributed by atoms with Crippen LogP contribution in [0.1, 0.15) is 112 Å². The van der Waals surface area contributed by atoms with Crippen molar-refractivity contribution in [1.29, 1.82) is 0 Å². The molecule has 1 saturated heterocycles. The Kier molecular flexibility index (Phi) is 33.9. The van der Waals surface area contributed by atoms with E-state index in [0.717, 1.165) is 22.2 Å². The number of nitrogens with two attached hydrogens (primary N) is 3. The van der Waals surface area contributed by atoms with Gasteiger partial charge in [-0.15, -0.1) is 0 Å². The highest BCUT2D eigenvalue weighted by molar-refractivity contribution is 7.99. The summed E-state index contributed by atoms with van der Waals surface area (Å²) in [4.78, 5) is 168. The molecule has 0 bridgehead atoms. The minimum absolute atomic E-state index is 0.0217. The Balaban J connectivity index is 2.87. The number of hydrogen-bond acceptors (Lipinski definition) is 16. The first kappa shape index (κ1) is 78.0. The largest absolute Gasteiger partial charge is 0.480 e. The van der Waals surface area contributed by atoms with Crippen LogP contribution in [0.2, 0.25) is 0 Å². The number of carboxylic acids is 4. The fourth-order valence-corrected chi connectivity index (χ4v) is 10.6. The molecule has 17 N–H and O–H groups in total. The number of ether oxygens (including phenoxy) is 1. The fourth-order valence-electron chi connectivity index (χ4n) is 9.45. The maximum atomic E-state index is 14.6. The molecule has 0 radical (unpaired) electrons. The Morgan fingerprint density at radius 2 is 1.33 bits per heavy atom. The van der Waals surface area contributed by atoms with Gasteiger partial charge in [-0.1, -0.05) is 103 Å². The number of rotatable bonds is 27. The lowest BCUT2D eigenvalue weighted by atomic mass is 9.94. The third-order valence-electron chi connectivity index (χ3n) is 14.9. The second-order valence-corrected chi connectivity index (χ2v) is 24.4. The molecule has 1 heterocycles. The number of carbonyl (C=O) groups is 12. The number of aliphatic imine (C=N–C) groups is 1. The zero-order valence-electron chi connectivity index (χ0n) is 52.9. The third kappa shape index (κ3) is 27.7. The molecule has 1 aliphatic rings. The maximum Gasteiger partial charge on any atom is 0.327 e. The van der Waals surface area contributed by atoms with Gasteiger partial charge >= 0.3 is 23.9 Å². The molecule has 1 unspecified atom stereocenters. The van der Waals surface area contributed by atoms with Crippen LogP contribution in [0.5, 0.6) is 0 Å². The molecule has 0 spiro atoms. The minimum Gasteiger partial charge on any atom is -0.480 e. The van der Waals surface area contributed by atoms with Crippen LogP contribution in [-0.4, -0.2) is 195 Å². The van der Waals surface area contributed by atoms with Crippen LogP contribution in [0.3, 0.4) is 0 Å². The number of thioether (sulfide) groups is 1. The molecule has 1 aromatic carbocycles. The van der Waals surface area contributed by atoms with Crippen LogP contribution >= 0.6 is 11.8 Å². The van der Waals surface area contributed by atoms with Gasteiger partial charge in [0, 0.05) is 51.0 Å². The Bertz CT molecular complexity index is 2730. The molecule has 502 valence electrons. The quantitative estimate of drug-likeness (QED) is 0.0238. The second kappa shape index (κ2) is 39.1. The normalized spacial score (nSPS) is 23.9. The molecular weight excluding hydrogens is 1190 g/mol. The molecule has 8 amide bonds. The SMILES string of the molecule is CO[C@@H](Cc1ccccc1)[C@@H](C)/C=C(C)/C=C/[C@@H]1NC(=O)[C@H](CCCN=C(N)N)NC(=O)[C@@H](C)[C@H](C(=O)O)NC(=O)[C@H](CC(C)C)NC(=O)[C@@H](CC(C)C)NC(=O)C(CSC[C@H](NC(=O)CC[C@H](N)C(=O)O)C(=O)O)N(C)C(=O)CC[C@H](C(=O)O)NC(=O)[C@H]1C. The van der Waals surface area contributed by atoms with Gasteiger partial charge in [0.15, 0.2) is 5.96 Å². The van der Waals surface area contributed by atoms with Crippen LogP contribution in [0.25, 0.3) is 0 Å². The van der Waals surface area contributed by atoms with Crippen LogP contribution < -0.4 is 54.4 Å². The number of carboxylic acid groups (broad SMARTS) is 4. The molecular formula is C60H94N12O17S. The van der Waals surface area contributed by atoms with Gasteiger partial charge in [-0.3, -0.25) is 48.1 Å². The van der Waals surface area contributed by atoms with Crippen LogP contribution in [0.4, 0.5) is 0 Å². The molecule has 1 aliphatic heterocycles. The summed E-state index contributed by atoms with van der Waals surface area (Å²) < 4.78 is 5.84. The number of methoxy groups -OCH3 is 1. The van der Waals surface area contributed by atoms with E-state index in [2.05, 4.69) is 42.2 Å². The first-order valence-corrected chi connectivity index (χ1v) is 30.9. The number of allylic oxidation sites excluding steroid dienone is 2. The van der Waals surface area contributed by atoms with E-state index in [0.29, 0.717) is 12.0 Å². The molecule has 0 saturated carbocycles. The van der Waals surface area contributed by atoms with E-state index in [1.807, 2.05) is 43.3 Å². The predicted molar refractivity (Wildman–Crippen MR) is 335 cm³/mol. The summed E-state index contributed by atoms with van der Waals surface area (Å²) in [5.74, 6) is -18.4. The number of hydrogen-bond donors (Lipinski definition) is 14. The average Bonchev–Trinajstić information content (AvgIpc) is 1.18. The third-order valence-corrected chi connectivity index (χ3v) is 16.0. The lowest BCUT2D eigenvalue weighted by Crippen LogP contribution is -2.60. The van der Waals surface area contributed by atoms with E-state index < -0.39 is 168 Å². The molecule has 2 rings (SSSR count). The van der Waals surface area contributed by atoms with Crippen LogP contribution in [-0.2, 0) is 68.7 Å². The number of nitrogens with one attached hydrogen (secondary N) is 7. The fraction of sp³-hybridized carbons (Fsp3) is 0.617. The molecule has 13 atom stereocenters. The first-order chi connectivity index (χ1) is 42.2. The van der Waals surface area contributed by atoms with E-state index in [9.17, 15) is 72.9 Å². The van der Waals surface area contributed by atoms with E-state index in [4.69, 9.17) is 27.0 Å². The Morgan fingerprint density at radius 3 is 1.88 bits per heavy atom. The highest BCUT2D eigenvalue weighted by Gasteiger charge is 2.39. The lowest BCUT2D eigenvalue weighted by molar-refractivity contribution is -0.146. The molecule has 1 aromatic rings. The number of guanidine groups is 1. The summed E-state index contributed by atoms with van der Waals surface area (Å²) in [7, 11) is 2.78. The summed E-state index contributed by atoms with van der Waals surface area (Å²) in [5.41, 5.74) is 18.3. The van der Waals surface area contributed by atoms with Crippen molar-refractivity contribution in [3.8, 4) is 0 Å². The van der Waals surface area contributed by atoms with E-state index in [-0.39, 0.29) is 68.5 Å². The number of amides is 8. The molecule has 0 aliphatic carbocycles. The van der Waals surface area contributed by atoms with Gasteiger partial charge in [-0.05, 0) is 69.3 Å². The minimum atomic E-state index is -1.98. The van der Waals surface area contributed by atoms with Crippen LogP contribution in [0, 0.1) is 29.6 Å². The Labute approximate surface area is 529 Å². The van der Waals surface area contributed by atoms with E-state index >= 15 is 0 Å². The molecule has 90 heavy (non-hydrogen) atoms. The van der Waals surface area contributed by atoms with Crippen LogP contribution in [0.15, 0.2) is 59.1 Å². The van der Waals surface area contributed by atoms with Gasteiger partial charge in [-0.2, -0.15) is 11.8 Å². The van der Waals surface area contributed by atoms with Gasteiger partial charge < -0.3 is 84.5 Å². The smallest absolute Gasteiger partial charge is 0.327 e. The topological polar surface area (TPSA) is 473 Å². The standard InChI is InChI=1S/C60H94N12O17S/c1-31(2)25-42-53(78)69-43(26-32(3)4)54(79)71-49(59(87)88)36(8)51(76)67-40(17-14-24-64-60(62)63)52(77)66-39(20-18-33(5)27-34(6)46(89-10)28-37-15-12-11-13-16-37)35(7)50(75)68-41(57(83)84)21-23-48(74)72(9)45(55(80)70-42)30-90-29-44(58(85)86)65-47(73)22-19-38(61)56(81)82/h11-13,15-16,18,20,27,31-32,34-36,38-46,49H,14,17,19,21-26,28-30,61H2,1-10H3,(H,65,73)(H,66,77)(H,67,76)(H,68,75)(H,69,78)(H,70,80)(H,71,79)(H,81,82)(H,83,84)(H,85,86)(H,87,88)(H4,62,63,64)/b20-18+,33-27+/t34-,35-,36-,38-,39-,40-,41+,42+,43-,44-,45?,46-,49+/m0/s1. The van der Waals surface area contributed by atoms with Crippen molar-refractivity contribution >= 4 is 88.9 Å². The van der Waals surface area contributed by atoms with Crippen molar-refractivity contribution in [3.05, 3.63) is 59.7 Å². The summed E-state index contributed by atoms with van der Waals surface area (Å²) in [6.45, 7) is 13.1. The number of likely N-dealkylation sites (N-methyl/N-ethyl adjacent to an activating group) is 1. The van der Waals surface area contributed by atoms with Crippen molar-refractivity contribution in [2.45, 2.75) is 174 Å². The van der Waals surface area contributed by atoms with E-state index in [1.54, 1.807) is 47.8 Å².